The number of anilines is 1. The largest absolute Gasteiger partial charge is 0.326 e. The van der Waals surface area contributed by atoms with Crippen molar-refractivity contribution in [2.24, 2.45) is 0 Å². The van der Waals surface area contributed by atoms with Gasteiger partial charge < -0.3 is 5.32 Å². The minimum absolute atomic E-state index is 0.0857. The first-order chi connectivity index (χ1) is 8.61. The molecule has 0 aliphatic carbocycles. The van der Waals surface area contributed by atoms with Crippen molar-refractivity contribution >= 4 is 11.6 Å². The number of benzene rings is 2. The Morgan fingerprint density at radius 3 is 2.39 bits per heavy atom. The molecule has 1 N–H and O–H groups in total. The number of aryl methyl sites for hydroxylation is 2. The quantitative estimate of drug-likeness (QED) is 0.808. The van der Waals surface area contributed by atoms with Gasteiger partial charge >= 0.3 is 0 Å². The molecule has 1 heterocycles. The summed E-state index contributed by atoms with van der Waals surface area (Å²) in [5.74, 6) is 0.0857. The van der Waals surface area contributed by atoms with Crippen LogP contribution in [0.25, 0.3) is 11.1 Å². The minimum Gasteiger partial charge on any atom is -0.326 e. The first-order valence-electron chi connectivity index (χ1n) is 6.13. The Kier molecular flexibility index (Phi) is 2.44. The van der Waals surface area contributed by atoms with E-state index in [0.717, 1.165) is 11.3 Å². The lowest BCUT2D eigenvalue weighted by molar-refractivity contribution is -0.115. The van der Waals surface area contributed by atoms with Gasteiger partial charge in [0.1, 0.15) is 0 Å². The zero-order valence-electron chi connectivity index (χ0n) is 10.6. The van der Waals surface area contributed by atoms with Crippen LogP contribution < -0.4 is 5.32 Å². The number of hydrogen-bond donors (Lipinski definition) is 1. The maximum atomic E-state index is 11.3. The van der Waals surface area contributed by atoms with Gasteiger partial charge in [0.2, 0.25) is 5.91 Å². The van der Waals surface area contributed by atoms with E-state index in [1.165, 1.54) is 22.3 Å². The predicted molar refractivity (Wildman–Crippen MR) is 73.7 cm³/mol. The average Bonchev–Trinajstić information content (AvgIpc) is 2.66. The highest BCUT2D eigenvalue weighted by molar-refractivity contribution is 5.99. The number of carbonyl (C=O) groups is 1. The molecule has 3 rings (SSSR count). The van der Waals surface area contributed by atoms with E-state index in [-0.39, 0.29) is 5.91 Å². The molecule has 18 heavy (non-hydrogen) atoms. The lowest BCUT2D eigenvalue weighted by atomic mass is 9.98. The van der Waals surface area contributed by atoms with E-state index in [0.29, 0.717) is 6.42 Å². The van der Waals surface area contributed by atoms with Gasteiger partial charge in [0.15, 0.2) is 0 Å². The topological polar surface area (TPSA) is 29.1 Å². The minimum atomic E-state index is 0.0857. The summed E-state index contributed by atoms with van der Waals surface area (Å²) in [6, 6.07) is 12.7. The first kappa shape index (κ1) is 11.0. The molecule has 0 aromatic heterocycles. The van der Waals surface area contributed by atoms with Crippen LogP contribution in [0, 0.1) is 13.8 Å². The Morgan fingerprint density at radius 1 is 0.944 bits per heavy atom. The Balaban J connectivity index is 2.08. The Morgan fingerprint density at radius 2 is 1.67 bits per heavy atom. The molecule has 0 radical (unpaired) electrons. The van der Waals surface area contributed by atoms with Crippen molar-refractivity contribution in [3.8, 4) is 11.1 Å². The molecule has 0 fully saturated rings. The second kappa shape index (κ2) is 3.98. The molecule has 0 bridgehead atoms. The second-order valence-corrected chi connectivity index (χ2v) is 4.97. The van der Waals surface area contributed by atoms with Gasteiger partial charge in [0, 0.05) is 5.69 Å². The Bertz CT molecular complexity index is 623. The Hall–Kier alpha value is -2.09. The van der Waals surface area contributed by atoms with E-state index < -0.39 is 0 Å². The van der Waals surface area contributed by atoms with Crippen molar-refractivity contribution in [3.05, 3.63) is 53.1 Å². The molecule has 0 spiro atoms. The van der Waals surface area contributed by atoms with Gasteiger partial charge in [-0.15, -0.1) is 0 Å². The van der Waals surface area contributed by atoms with E-state index in [1.807, 2.05) is 6.07 Å². The standard InChI is InChI=1S/C16H15NO/c1-10-5-11(2)7-13(6-10)12-3-4-15-14(8-12)9-16(18)17-15/h3-8H,9H2,1-2H3,(H,17,18). The molecule has 2 heteroatoms. The van der Waals surface area contributed by atoms with Gasteiger partial charge in [0.25, 0.3) is 0 Å². The molecule has 1 amide bonds. The maximum absolute atomic E-state index is 11.3. The van der Waals surface area contributed by atoms with Crippen molar-refractivity contribution in [1.82, 2.24) is 0 Å². The average molecular weight is 237 g/mol. The van der Waals surface area contributed by atoms with E-state index in [9.17, 15) is 4.79 Å². The molecular weight excluding hydrogens is 222 g/mol. The van der Waals surface area contributed by atoms with E-state index in [4.69, 9.17) is 0 Å². The first-order valence-corrected chi connectivity index (χ1v) is 6.13. The number of fused-ring (bicyclic) bond motifs is 1. The zero-order chi connectivity index (χ0) is 12.7. The second-order valence-electron chi connectivity index (χ2n) is 4.97. The molecular formula is C16H15NO. The molecule has 90 valence electrons. The molecule has 0 saturated heterocycles. The van der Waals surface area contributed by atoms with Crippen LogP contribution in [0.1, 0.15) is 16.7 Å². The number of rotatable bonds is 1. The fourth-order valence-electron chi connectivity index (χ4n) is 2.55. The SMILES string of the molecule is Cc1cc(C)cc(-c2ccc3c(c2)CC(=O)N3)c1. The van der Waals surface area contributed by atoms with Gasteiger partial charge in [-0.05, 0) is 42.7 Å². The highest BCUT2D eigenvalue weighted by atomic mass is 16.1. The number of carbonyl (C=O) groups excluding carboxylic acids is 1. The highest BCUT2D eigenvalue weighted by Gasteiger charge is 2.17. The summed E-state index contributed by atoms with van der Waals surface area (Å²) in [6.45, 7) is 4.21. The van der Waals surface area contributed by atoms with E-state index >= 15 is 0 Å². The predicted octanol–water partition coefficient (Wildman–Crippen LogP) is 3.47. The monoisotopic (exact) mass is 237 g/mol. The number of amides is 1. The van der Waals surface area contributed by atoms with Gasteiger partial charge in [-0.2, -0.15) is 0 Å². The summed E-state index contributed by atoms with van der Waals surface area (Å²) in [5.41, 5.74) is 6.97. The lowest BCUT2D eigenvalue weighted by Crippen LogP contribution is -2.03. The van der Waals surface area contributed by atoms with Crippen molar-refractivity contribution < 1.29 is 4.79 Å². The number of nitrogens with one attached hydrogen (secondary N) is 1. The van der Waals surface area contributed by atoms with Crippen molar-refractivity contribution in [2.75, 3.05) is 5.32 Å². The summed E-state index contributed by atoms with van der Waals surface area (Å²) >= 11 is 0. The summed E-state index contributed by atoms with van der Waals surface area (Å²) < 4.78 is 0. The van der Waals surface area contributed by atoms with Gasteiger partial charge in [0.05, 0.1) is 6.42 Å². The summed E-state index contributed by atoms with van der Waals surface area (Å²) in [6.07, 6.45) is 0.494. The van der Waals surface area contributed by atoms with Crippen molar-refractivity contribution in [1.29, 1.82) is 0 Å². The van der Waals surface area contributed by atoms with Crippen LogP contribution in [-0.2, 0) is 11.2 Å². The van der Waals surface area contributed by atoms with Crippen molar-refractivity contribution in [2.45, 2.75) is 20.3 Å². The van der Waals surface area contributed by atoms with Crippen LogP contribution in [0.15, 0.2) is 36.4 Å². The molecule has 2 aromatic rings. The van der Waals surface area contributed by atoms with Gasteiger partial charge in [-0.3, -0.25) is 4.79 Å². The van der Waals surface area contributed by atoms with Crippen LogP contribution in [0.2, 0.25) is 0 Å². The maximum Gasteiger partial charge on any atom is 0.228 e. The highest BCUT2D eigenvalue weighted by Crippen LogP contribution is 2.29. The normalized spacial score (nSPS) is 13.3. The van der Waals surface area contributed by atoms with Gasteiger partial charge in [-0.25, -0.2) is 0 Å². The third-order valence-electron chi connectivity index (χ3n) is 3.29. The molecule has 0 unspecified atom stereocenters. The molecule has 1 aliphatic rings. The third kappa shape index (κ3) is 1.90. The molecule has 0 saturated carbocycles. The molecule has 0 atom stereocenters. The summed E-state index contributed by atoms with van der Waals surface area (Å²) in [5, 5.41) is 2.86. The lowest BCUT2D eigenvalue weighted by Gasteiger charge is -2.07. The van der Waals surface area contributed by atoms with Crippen LogP contribution in [-0.4, -0.2) is 5.91 Å². The van der Waals surface area contributed by atoms with E-state index in [2.05, 4.69) is 49.5 Å². The number of hydrogen-bond acceptors (Lipinski definition) is 1. The molecule has 2 aromatic carbocycles. The van der Waals surface area contributed by atoms with Crippen molar-refractivity contribution in [3.63, 3.8) is 0 Å². The Labute approximate surface area is 107 Å². The molecule has 2 nitrogen and oxygen atoms in total. The smallest absolute Gasteiger partial charge is 0.228 e. The van der Waals surface area contributed by atoms with Crippen LogP contribution >= 0.6 is 0 Å². The summed E-state index contributed by atoms with van der Waals surface area (Å²) in [7, 11) is 0. The molecule has 1 aliphatic heterocycles. The fourth-order valence-corrected chi connectivity index (χ4v) is 2.55. The van der Waals surface area contributed by atoms with E-state index in [1.54, 1.807) is 0 Å². The van der Waals surface area contributed by atoms with Crippen LogP contribution in [0.5, 0.6) is 0 Å². The fraction of sp³-hybridized carbons (Fsp3) is 0.188. The van der Waals surface area contributed by atoms with Crippen LogP contribution in [0.3, 0.4) is 0 Å². The summed E-state index contributed by atoms with van der Waals surface area (Å²) in [4.78, 5) is 11.3. The third-order valence-corrected chi connectivity index (χ3v) is 3.29. The zero-order valence-corrected chi connectivity index (χ0v) is 10.6. The van der Waals surface area contributed by atoms with Gasteiger partial charge in [-0.1, -0.05) is 35.4 Å². The van der Waals surface area contributed by atoms with Crippen LogP contribution in [0.4, 0.5) is 5.69 Å².